The lowest BCUT2D eigenvalue weighted by atomic mass is 10.0. The van der Waals surface area contributed by atoms with Crippen molar-refractivity contribution in [1.29, 1.82) is 0 Å². The Hall–Kier alpha value is -2.62. The number of rotatable bonds is 3. The number of anilines is 1. The number of aromatic nitrogens is 2. The number of phenols is 1. The molecule has 0 fully saturated rings. The molecule has 3 aromatic rings. The molecular weight excluding hydrogens is 262 g/mol. The van der Waals surface area contributed by atoms with E-state index in [9.17, 15) is 5.11 Å². The molecule has 0 radical (unpaired) electrons. The van der Waals surface area contributed by atoms with Gasteiger partial charge in [0.2, 0.25) is 0 Å². The van der Waals surface area contributed by atoms with Crippen molar-refractivity contribution in [2.45, 2.75) is 19.9 Å². The number of nitrogens with zero attached hydrogens (tertiary/aromatic N) is 2. The molecule has 1 atom stereocenters. The van der Waals surface area contributed by atoms with Crippen molar-refractivity contribution in [3.05, 3.63) is 59.9 Å². The lowest BCUT2D eigenvalue weighted by Gasteiger charge is -2.17. The third-order valence-electron chi connectivity index (χ3n) is 3.50. The molecule has 21 heavy (non-hydrogen) atoms. The van der Waals surface area contributed by atoms with E-state index in [1.165, 1.54) is 0 Å². The minimum absolute atomic E-state index is 0.000906. The van der Waals surface area contributed by atoms with Crippen LogP contribution in [0.4, 0.5) is 5.69 Å². The molecule has 0 amide bonds. The van der Waals surface area contributed by atoms with Gasteiger partial charge in [-0.2, -0.15) is 0 Å². The number of hydrogen-bond donors (Lipinski definition) is 2. The maximum Gasteiger partial charge on any atom is 0.120 e. The minimum atomic E-state index is -0.000906. The Morgan fingerprint density at radius 1 is 1.00 bits per heavy atom. The number of hydrogen-bond acceptors (Lipinski definition) is 4. The summed E-state index contributed by atoms with van der Waals surface area (Å²) >= 11 is 0. The van der Waals surface area contributed by atoms with Crippen molar-refractivity contribution in [2.75, 3.05) is 5.32 Å². The highest BCUT2D eigenvalue weighted by Gasteiger charge is 2.11. The SMILES string of the molecule is Cc1ccc(O)c(C(C)Nc2ccc3nccnc3c2)c1. The van der Waals surface area contributed by atoms with Gasteiger partial charge in [-0.05, 0) is 38.1 Å². The molecule has 0 saturated carbocycles. The highest BCUT2D eigenvalue weighted by atomic mass is 16.3. The van der Waals surface area contributed by atoms with Gasteiger partial charge in [-0.3, -0.25) is 9.97 Å². The van der Waals surface area contributed by atoms with E-state index in [0.29, 0.717) is 5.75 Å². The molecule has 1 aromatic heterocycles. The average molecular weight is 279 g/mol. The van der Waals surface area contributed by atoms with Crippen LogP contribution in [-0.4, -0.2) is 15.1 Å². The maximum atomic E-state index is 9.99. The lowest BCUT2D eigenvalue weighted by Crippen LogP contribution is -2.07. The Balaban J connectivity index is 1.88. The molecule has 2 N–H and O–H groups in total. The fourth-order valence-electron chi connectivity index (χ4n) is 2.40. The van der Waals surface area contributed by atoms with Gasteiger partial charge in [0.1, 0.15) is 5.75 Å². The fraction of sp³-hybridized carbons (Fsp3) is 0.176. The molecule has 4 nitrogen and oxygen atoms in total. The molecule has 0 aliphatic heterocycles. The number of benzene rings is 2. The highest BCUT2D eigenvalue weighted by Crippen LogP contribution is 2.28. The Bertz CT molecular complexity index is 786. The summed E-state index contributed by atoms with van der Waals surface area (Å²) < 4.78 is 0. The minimum Gasteiger partial charge on any atom is -0.508 e. The topological polar surface area (TPSA) is 58.0 Å². The quantitative estimate of drug-likeness (QED) is 0.765. The van der Waals surface area contributed by atoms with E-state index in [0.717, 1.165) is 27.8 Å². The van der Waals surface area contributed by atoms with Crippen LogP contribution in [0.5, 0.6) is 5.75 Å². The largest absolute Gasteiger partial charge is 0.508 e. The first-order valence-corrected chi connectivity index (χ1v) is 6.90. The normalized spacial score (nSPS) is 12.3. The van der Waals surface area contributed by atoms with E-state index in [1.54, 1.807) is 18.5 Å². The predicted molar refractivity (Wildman–Crippen MR) is 84.4 cm³/mol. The molecule has 2 aromatic carbocycles. The van der Waals surface area contributed by atoms with Gasteiger partial charge in [0, 0.05) is 23.6 Å². The van der Waals surface area contributed by atoms with Crippen LogP contribution < -0.4 is 5.32 Å². The van der Waals surface area contributed by atoms with Crippen LogP contribution in [0.15, 0.2) is 48.8 Å². The predicted octanol–water partition coefficient (Wildman–Crippen LogP) is 3.82. The molecule has 1 heterocycles. The third kappa shape index (κ3) is 2.79. The molecule has 3 rings (SSSR count). The molecular formula is C17H17N3O. The number of phenolic OH excluding ortho intramolecular Hbond substituents is 1. The van der Waals surface area contributed by atoms with Gasteiger partial charge < -0.3 is 10.4 Å². The van der Waals surface area contributed by atoms with Crippen LogP contribution in [-0.2, 0) is 0 Å². The first-order valence-electron chi connectivity index (χ1n) is 6.90. The smallest absolute Gasteiger partial charge is 0.120 e. The second-order valence-corrected chi connectivity index (χ2v) is 5.19. The summed E-state index contributed by atoms with van der Waals surface area (Å²) in [7, 11) is 0. The molecule has 0 saturated heterocycles. The molecule has 0 bridgehead atoms. The molecule has 106 valence electrons. The first-order chi connectivity index (χ1) is 10.1. The zero-order valence-electron chi connectivity index (χ0n) is 12.0. The molecule has 4 heteroatoms. The van der Waals surface area contributed by atoms with Crippen molar-refractivity contribution < 1.29 is 5.11 Å². The number of nitrogens with one attached hydrogen (secondary N) is 1. The van der Waals surface area contributed by atoms with Gasteiger partial charge in [-0.25, -0.2) is 0 Å². The van der Waals surface area contributed by atoms with Crippen molar-refractivity contribution in [2.24, 2.45) is 0 Å². The van der Waals surface area contributed by atoms with Crippen molar-refractivity contribution in [1.82, 2.24) is 9.97 Å². The van der Waals surface area contributed by atoms with Crippen molar-refractivity contribution >= 4 is 16.7 Å². The Kier molecular flexibility index (Phi) is 3.44. The van der Waals surface area contributed by atoms with Crippen molar-refractivity contribution in [3.8, 4) is 5.75 Å². The van der Waals surface area contributed by atoms with Gasteiger partial charge in [0.25, 0.3) is 0 Å². The Labute approximate surface area is 123 Å². The summed E-state index contributed by atoms with van der Waals surface area (Å²) in [5.41, 5.74) is 4.68. The molecule has 0 spiro atoms. The Morgan fingerprint density at radius 2 is 1.76 bits per heavy atom. The number of aromatic hydroxyl groups is 1. The highest BCUT2D eigenvalue weighted by molar-refractivity contribution is 5.78. The zero-order valence-corrected chi connectivity index (χ0v) is 12.0. The van der Waals surface area contributed by atoms with Gasteiger partial charge in [-0.15, -0.1) is 0 Å². The van der Waals surface area contributed by atoms with E-state index in [1.807, 2.05) is 44.2 Å². The summed E-state index contributed by atoms with van der Waals surface area (Å²) in [5.74, 6) is 0.307. The monoisotopic (exact) mass is 279 g/mol. The van der Waals surface area contributed by atoms with Gasteiger partial charge in [0.15, 0.2) is 0 Å². The van der Waals surface area contributed by atoms with E-state index in [4.69, 9.17) is 0 Å². The van der Waals surface area contributed by atoms with Crippen LogP contribution in [0.25, 0.3) is 11.0 Å². The van der Waals surface area contributed by atoms with Crippen molar-refractivity contribution in [3.63, 3.8) is 0 Å². The molecule has 0 aliphatic rings. The molecule has 1 unspecified atom stereocenters. The number of fused-ring (bicyclic) bond motifs is 1. The van der Waals surface area contributed by atoms with Crippen LogP contribution in [0.1, 0.15) is 24.1 Å². The summed E-state index contributed by atoms with van der Waals surface area (Å²) in [4.78, 5) is 8.56. The summed E-state index contributed by atoms with van der Waals surface area (Å²) in [5, 5.41) is 13.4. The van der Waals surface area contributed by atoms with E-state index < -0.39 is 0 Å². The maximum absolute atomic E-state index is 9.99. The lowest BCUT2D eigenvalue weighted by molar-refractivity contribution is 0.465. The second kappa shape index (κ2) is 5.40. The summed E-state index contributed by atoms with van der Waals surface area (Å²) in [6.07, 6.45) is 3.37. The summed E-state index contributed by atoms with van der Waals surface area (Å²) in [6.45, 7) is 4.04. The van der Waals surface area contributed by atoms with Crippen LogP contribution >= 0.6 is 0 Å². The second-order valence-electron chi connectivity index (χ2n) is 5.19. The summed E-state index contributed by atoms with van der Waals surface area (Å²) in [6, 6.07) is 11.5. The third-order valence-corrected chi connectivity index (χ3v) is 3.50. The average Bonchev–Trinajstić information content (AvgIpc) is 2.49. The van der Waals surface area contributed by atoms with Gasteiger partial charge in [0.05, 0.1) is 17.1 Å². The van der Waals surface area contributed by atoms with Crippen LogP contribution in [0.3, 0.4) is 0 Å². The molecule has 0 aliphatic carbocycles. The standard InChI is InChI=1S/C17H17N3O/c1-11-3-6-17(21)14(9-11)12(2)20-13-4-5-15-16(10-13)19-8-7-18-15/h3-10,12,20-21H,1-2H3. The first kappa shape index (κ1) is 13.4. The zero-order chi connectivity index (χ0) is 14.8. The Morgan fingerprint density at radius 3 is 2.57 bits per heavy atom. The van der Waals surface area contributed by atoms with E-state index in [2.05, 4.69) is 15.3 Å². The fourth-order valence-corrected chi connectivity index (χ4v) is 2.40. The van der Waals surface area contributed by atoms with Gasteiger partial charge >= 0.3 is 0 Å². The number of aryl methyl sites for hydroxylation is 1. The van der Waals surface area contributed by atoms with Crippen LogP contribution in [0, 0.1) is 6.92 Å². The van der Waals surface area contributed by atoms with Crippen LogP contribution in [0.2, 0.25) is 0 Å². The van der Waals surface area contributed by atoms with E-state index in [-0.39, 0.29) is 6.04 Å². The van der Waals surface area contributed by atoms with E-state index >= 15 is 0 Å². The van der Waals surface area contributed by atoms with Gasteiger partial charge in [-0.1, -0.05) is 17.7 Å².